The van der Waals surface area contributed by atoms with Gasteiger partial charge in [0.2, 0.25) is 0 Å². The van der Waals surface area contributed by atoms with Crippen molar-refractivity contribution in [3.8, 4) is 6.07 Å². The summed E-state index contributed by atoms with van der Waals surface area (Å²) in [6, 6.07) is 8.63. The Kier molecular flexibility index (Phi) is 4.24. The van der Waals surface area contributed by atoms with E-state index in [1.807, 2.05) is 0 Å². The number of aryl methyl sites for hydroxylation is 2. The Morgan fingerprint density at radius 1 is 1.15 bits per heavy atom. The second-order valence-corrected chi connectivity index (χ2v) is 5.07. The van der Waals surface area contributed by atoms with E-state index in [0.29, 0.717) is 6.42 Å². The van der Waals surface area contributed by atoms with Gasteiger partial charge >= 0.3 is 0 Å². The molecule has 0 amide bonds. The van der Waals surface area contributed by atoms with Gasteiger partial charge in [-0.1, -0.05) is 12.1 Å². The van der Waals surface area contributed by atoms with Crippen molar-refractivity contribution >= 4 is 16.7 Å². The van der Waals surface area contributed by atoms with E-state index >= 15 is 0 Å². The van der Waals surface area contributed by atoms with E-state index in [1.165, 1.54) is 11.1 Å². The molecule has 0 aliphatic rings. The molecule has 0 saturated carbocycles. The number of hydrogen-bond donors (Lipinski definition) is 0. The molecular formula is C17H21N3. The summed E-state index contributed by atoms with van der Waals surface area (Å²) in [4.78, 5) is 7.09. The number of hydrogen-bond acceptors (Lipinski definition) is 3. The van der Waals surface area contributed by atoms with Crippen LogP contribution in [0.4, 0.5) is 5.82 Å². The first-order valence-electron chi connectivity index (χ1n) is 7.14. The molecule has 1 heterocycles. The minimum absolute atomic E-state index is 0.405. The standard InChI is InChI=1S/C17H21N3/c1-5-20(6-2)17-14(9-10-18)11-15-12(3)7-8-13(4)16(15)19-17/h7-8,11H,5-6,9H2,1-4H3. The summed E-state index contributed by atoms with van der Waals surface area (Å²) in [5.74, 6) is 0.956. The monoisotopic (exact) mass is 267 g/mol. The summed E-state index contributed by atoms with van der Waals surface area (Å²) in [6.07, 6.45) is 0.405. The number of pyridine rings is 1. The van der Waals surface area contributed by atoms with E-state index in [2.05, 4.69) is 56.9 Å². The van der Waals surface area contributed by atoms with Crippen molar-refractivity contribution in [3.63, 3.8) is 0 Å². The van der Waals surface area contributed by atoms with Crippen molar-refractivity contribution in [3.05, 3.63) is 34.9 Å². The van der Waals surface area contributed by atoms with Gasteiger partial charge in [-0.15, -0.1) is 0 Å². The Labute approximate surface area is 120 Å². The maximum absolute atomic E-state index is 9.07. The predicted molar refractivity (Wildman–Crippen MR) is 84.1 cm³/mol. The lowest BCUT2D eigenvalue weighted by atomic mass is 10.0. The molecule has 0 N–H and O–H groups in total. The molecule has 104 valence electrons. The highest BCUT2D eigenvalue weighted by Gasteiger charge is 2.13. The number of benzene rings is 1. The zero-order valence-electron chi connectivity index (χ0n) is 12.7. The number of fused-ring (bicyclic) bond motifs is 1. The van der Waals surface area contributed by atoms with E-state index in [0.717, 1.165) is 35.4 Å². The Bertz CT molecular complexity index is 664. The SMILES string of the molecule is CCN(CC)c1nc2c(C)ccc(C)c2cc1CC#N. The van der Waals surface area contributed by atoms with Gasteiger partial charge in [-0.05, 0) is 44.9 Å². The van der Waals surface area contributed by atoms with Crippen LogP contribution in [0.3, 0.4) is 0 Å². The van der Waals surface area contributed by atoms with Crippen LogP contribution >= 0.6 is 0 Å². The van der Waals surface area contributed by atoms with Crippen LogP contribution in [0.5, 0.6) is 0 Å². The predicted octanol–water partition coefficient (Wildman–Crippen LogP) is 3.76. The van der Waals surface area contributed by atoms with Gasteiger partial charge in [0.25, 0.3) is 0 Å². The third-order valence-electron chi connectivity index (χ3n) is 3.79. The lowest BCUT2D eigenvalue weighted by Gasteiger charge is -2.23. The first-order valence-corrected chi connectivity index (χ1v) is 7.14. The molecule has 0 fully saturated rings. The number of anilines is 1. The number of nitrogens with zero attached hydrogens (tertiary/aromatic N) is 3. The summed E-state index contributed by atoms with van der Waals surface area (Å²) >= 11 is 0. The van der Waals surface area contributed by atoms with Crippen molar-refractivity contribution in [2.24, 2.45) is 0 Å². The number of aromatic nitrogens is 1. The molecule has 3 nitrogen and oxygen atoms in total. The maximum atomic E-state index is 9.07. The molecule has 0 aliphatic heterocycles. The molecule has 20 heavy (non-hydrogen) atoms. The highest BCUT2D eigenvalue weighted by molar-refractivity contribution is 5.87. The van der Waals surface area contributed by atoms with Crippen LogP contribution in [0.1, 0.15) is 30.5 Å². The van der Waals surface area contributed by atoms with Crippen molar-refractivity contribution in [1.82, 2.24) is 4.98 Å². The summed E-state index contributed by atoms with van der Waals surface area (Å²) < 4.78 is 0. The Hall–Kier alpha value is -2.08. The topological polar surface area (TPSA) is 39.9 Å². The maximum Gasteiger partial charge on any atom is 0.133 e. The molecule has 0 radical (unpaired) electrons. The largest absolute Gasteiger partial charge is 0.357 e. The highest BCUT2D eigenvalue weighted by atomic mass is 15.2. The molecule has 1 aromatic heterocycles. The zero-order chi connectivity index (χ0) is 14.7. The summed E-state index contributed by atoms with van der Waals surface area (Å²) in [6.45, 7) is 10.2. The van der Waals surface area contributed by atoms with Crippen molar-refractivity contribution in [2.75, 3.05) is 18.0 Å². The smallest absolute Gasteiger partial charge is 0.133 e. The molecule has 0 unspecified atom stereocenters. The van der Waals surface area contributed by atoms with Gasteiger partial charge in [0.05, 0.1) is 18.0 Å². The van der Waals surface area contributed by atoms with Crippen LogP contribution in [0.2, 0.25) is 0 Å². The van der Waals surface area contributed by atoms with E-state index < -0.39 is 0 Å². The summed E-state index contributed by atoms with van der Waals surface area (Å²) in [5.41, 5.74) is 4.47. The lowest BCUT2D eigenvalue weighted by Crippen LogP contribution is -2.24. The minimum Gasteiger partial charge on any atom is -0.357 e. The third-order valence-corrected chi connectivity index (χ3v) is 3.79. The van der Waals surface area contributed by atoms with Crippen LogP contribution < -0.4 is 4.90 Å². The number of rotatable bonds is 4. The Morgan fingerprint density at radius 3 is 2.40 bits per heavy atom. The molecule has 1 aromatic carbocycles. The molecule has 0 spiro atoms. The van der Waals surface area contributed by atoms with Crippen LogP contribution in [-0.4, -0.2) is 18.1 Å². The molecular weight excluding hydrogens is 246 g/mol. The molecule has 0 saturated heterocycles. The first kappa shape index (κ1) is 14.3. The van der Waals surface area contributed by atoms with E-state index in [-0.39, 0.29) is 0 Å². The quantitative estimate of drug-likeness (QED) is 0.846. The second kappa shape index (κ2) is 5.92. The van der Waals surface area contributed by atoms with E-state index in [1.54, 1.807) is 0 Å². The molecule has 2 aromatic rings. The van der Waals surface area contributed by atoms with Crippen molar-refractivity contribution in [2.45, 2.75) is 34.1 Å². The van der Waals surface area contributed by atoms with Gasteiger partial charge in [0, 0.05) is 24.0 Å². The average Bonchev–Trinajstić information content (AvgIpc) is 2.45. The van der Waals surface area contributed by atoms with Gasteiger partial charge in [0.15, 0.2) is 0 Å². The average molecular weight is 267 g/mol. The van der Waals surface area contributed by atoms with Crippen LogP contribution in [0.15, 0.2) is 18.2 Å². The number of nitriles is 1. The summed E-state index contributed by atoms with van der Waals surface area (Å²) in [7, 11) is 0. The Morgan fingerprint density at radius 2 is 1.80 bits per heavy atom. The van der Waals surface area contributed by atoms with Crippen LogP contribution in [-0.2, 0) is 6.42 Å². The zero-order valence-corrected chi connectivity index (χ0v) is 12.7. The van der Waals surface area contributed by atoms with Gasteiger partial charge < -0.3 is 4.90 Å². The summed E-state index contributed by atoms with van der Waals surface area (Å²) in [5, 5.41) is 10.2. The van der Waals surface area contributed by atoms with E-state index in [9.17, 15) is 0 Å². The highest BCUT2D eigenvalue weighted by Crippen LogP contribution is 2.28. The first-order chi connectivity index (χ1) is 9.62. The molecule has 2 rings (SSSR count). The molecule has 0 atom stereocenters. The molecule has 0 aliphatic carbocycles. The fourth-order valence-corrected chi connectivity index (χ4v) is 2.58. The Balaban J connectivity index is 2.75. The van der Waals surface area contributed by atoms with Gasteiger partial charge in [0.1, 0.15) is 5.82 Å². The lowest BCUT2D eigenvalue weighted by molar-refractivity contribution is 0.841. The molecule has 3 heteroatoms. The fraction of sp³-hybridized carbons (Fsp3) is 0.412. The minimum atomic E-state index is 0.405. The molecule has 0 bridgehead atoms. The van der Waals surface area contributed by atoms with Gasteiger partial charge in [-0.3, -0.25) is 0 Å². The van der Waals surface area contributed by atoms with Crippen LogP contribution in [0, 0.1) is 25.2 Å². The van der Waals surface area contributed by atoms with Gasteiger partial charge in [-0.2, -0.15) is 5.26 Å². The van der Waals surface area contributed by atoms with Crippen LogP contribution in [0.25, 0.3) is 10.9 Å². The van der Waals surface area contributed by atoms with Crippen molar-refractivity contribution < 1.29 is 0 Å². The van der Waals surface area contributed by atoms with Gasteiger partial charge in [-0.25, -0.2) is 4.98 Å². The van der Waals surface area contributed by atoms with Crippen molar-refractivity contribution in [1.29, 1.82) is 5.26 Å². The third kappa shape index (κ3) is 2.46. The normalized spacial score (nSPS) is 10.6. The second-order valence-electron chi connectivity index (χ2n) is 5.07. The van der Waals surface area contributed by atoms with E-state index in [4.69, 9.17) is 10.2 Å². The fourth-order valence-electron chi connectivity index (χ4n) is 2.58.